The highest BCUT2D eigenvalue weighted by Gasteiger charge is 2.16. The first-order valence-corrected chi connectivity index (χ1v) is 7.65. The van der Waals surface area contributed by atoms with Crippen LogP contribution in [-0.2, 0) is 26.8 Å². The van der Waals surface area contributed by atoms with Crippen LogP contribution >= 0.6 is 0 Å². The summed E-state index contributed by atoms with van der Waals surface area (Å²) in [5.41, 5.74) is 0.762. The first-order valence-electron chi connectivity index (χ1n) is 6.00. The fourth-order valence-corrected chi connectivity index (χ4v) is 3.14. The summed E-state index contributed by atoms with van der Waals surface area (Å²) in [6.45, 7) is 0. The third-order valence-electron chi connectivity index (χ3n) is 2.76. The van der Waals surface area contributed by atoms with Crippen LogP contribution in [0.4, 0.5) is 4.39 Å². The van der Waals surface area contributed by atoms with Crippen LogP contribution in [0, 0.1) is 5.82 Å². The lowest BCUT2D eigenvalue weighted by molar-refractivity contribution is -0.136. The van der Waals surface area contributed by atoms with Gasteiger partial charge in [-0.1, -0.05) is 12.1 Å². The summed E-state index contributed by atoms with van der Waals surface area (Å²) in [5.74, 6) is -1.95. The topological polar surface area (TPSA) is 84.3 Å². The molecule has 7 heteroatoms. The summed E-state index contributed by atoms with van der Waals surface area (Å²) >= 11 is 0. The molecule has 21 heavy (non-hydrogen) atoms. The smallest absolute Gasteiger partial charge is 0.307 e. The average molecular weight is 309 g/mol. The van der Waals surface area contributed by atoms with Gasteiger partial charge in [0.1, 0.15) is 5.82 Å². The standard InChI is InChI=1S/C14H12FNO4S/c15-12-5-11(7-16-8-12)9-21(19,20)13-3-1-10(2-4-13)6-14(17)18/h1-5,7-8H,6,9H2,(H,17,18). The van der Waals surface area contributed by atoms with E-state index in [0.29, 0.717) is 5.56 Å². The molecule has 0 spiro atoms. The molecule has 0 bridgehead atoms. The molecule has 0 fully saturated rings. The van der Waals surface area contributed by atoms with Crippen molar-refractivity contribution in [3.05, 3.63) is 59.7 Å². The molecule has 0 saturated carbocycles. The van der Waals surface area contributed by atoms with Gasteiger partial charge in [0.15, 0.2) is 9.84 Å². The summed E-state index contributed by atoms with van der Waals surface area (Å²) in [6.07, 6.45) is 2.12. The Kier molecular flexibility index (Phi) is 4.32. The van der Waals surface area contributed by atoms with Gasteiger partial charge in [0, 0.05) is 6.20 Å². The van der Waals surface area contributed by atoms with E-state index in [1.165, 1.54) is 30.5 Å². The summed E-state index contributed by atoms with van der Waals surface area (Å²) in [6, 6.07) is 6.71. The Morgan fingerprint density at radius 1 is 1.14 bits per heavy atom. The molecule has 2 aromatic rings. The molecule has 0 unspecified atom stereocenters. The Hall–Kier alpha value is -2.28. The number of rotatable bonds is 5. The predicted molar refractivity (Wildman–Crippen MR) is 72.9 cm³/mol. The number of aliphatic carboxylic acids is 1. The zero-order chi connectivity index (χ0) is 15.5. The number of hydrogen-bond acceptors (Lipinski definition) is 4. The van der Waals surface area contributed by atoms with Crippen LogP contribution in [0.1, 0.15) is 11.1 Å². The quantitative estimate of drug-likeness (QED) is 0.910. The molecule has 0 amide bonds. The third kappa shape index (κ3) is 4.09. The van der Waals surface area contributed by atoms with E-state index in [4.69, 9.17) is 5.11 Å². The zero-order valence-electron chi connectivity index (χ0n) is 10.9. The number of benzene rings is 1. The van der Waals surface area contributed by atoms with Crippen LogP contribution < -0.4 is 0 Å². The first kappa shape index (κ1) is 15.1. The van der Waals surface area contributed by atoms with Gasteiger partial charge in [-0.15, -0.1) is 0 Å². The minimum atomic E-state index is -3.63. The Bertz CT molecular complexity index is 757. The van der Waals surface area contributed by atoms with Crippen LogP contribution in [-0.4, -0.2) is 24.5 Å². The maximum absolute atomic E-state index is 13.0. The van der Waals surface area contributed by atoms with Gasteiger partial charge in [-0.05, 0) is 29.3 Å². The Balaban J connectivity index is 2.21. The van der Waals surface area contributed by atoms with Crippen molar-refractivity contribution in [2.24, 2.45) is 0 Å². The Morgan fingerprint density at radius 3 is 2.38 bits per heavy atom. The molecule has 1 aromatic carbocycles. The number of carboxylic acids is 1. The number of halogens is 1. The normalized spacial score (nSPS) is 11.3. The first-order chi connectivity index (χ1) is 9.87. The van der Waals surface area contributed by atoms with E-state index in [1.54, 1.807) is 0 Å². The summed E-state index contributed by atoms with van der Waals surface area (Å²) in [5, 5.41) is 8.66. The van der Waals surface area contributed by atoms with Crippen molar-refractivity contribution in [3.63, 3.8) is 0 Å². The lowest BCUT2D eigenvalue weighted by Crippen LogP contribution is -2.06. The van der Waals surface area contributed by atoms with E-state index in [9.17, 15) is 17.6 Å². The van der Waals surface area contributed by atoms with Gasteiger partial charge in [-0.2, -0.15) is 0 Å². The van der Waals surface area contributed by atoms with Gasteiger partial charge < -0.3 is 5.11 Å². The van der Waals surface area contributed by atoms with Crippen LogP contribution in [0.2, 0.25) is 0 Å². The molecule has 0 aliphatic rings. The van der Waals surface area contributed by atoms with E-state index in [1.807, 2.05) is 0 Å². The van der Waals surface area contributed by atoms with Crippen molar-refractivity contribution >= 4 is 15.8 Å². The maximum atomic E-state index is 13.0. The van der Waals surface area contributed by atoms with Crippen LogP contribution in [0.5, 0.6) is 0 Å². The van der Waals surface area contributed by atoms with E-state index in [0.717, 1.165) is 12.3 Å². The lowest BCUT2D eigenvalue weighted by atomic mass is 10.2. The highest BCUT2D eigenvalue weighted by atomic mass is 32.2. The van der Waals surface area contributed by atoms with Gasteiger partial charge >= 0.3 is 5.97 Å². The number of carboxylic acid groups (broad SMARTS) is 1. The van der Waals surface area contributed by atoms with Crippen LogP contribution in [0.3, 0.4) is 0 Å². The molecule has 0 saturated heterocycles. The summed E-state index contributed by atoms with van der Waals surface area (Å²) < 4.78 is 37.4. The summed E-state index contributed by atoms with van der Waals surface area (Å²) in [4.78, 5) is 14.2. The number of pyridine rings is 1. The Morgan fingerprint density at radius 2 is 1.81 bits per heavy atom. The molecule has 0 radical (unpaired) electrons. The average Bonchev–Trinajstić information content (AvgIpc) is 2.38. The van der Waals surface area contributed by atoms with Gasteiger partial charge in [-0.25, -0.2) is 12.8 Å². The predicted octanol–water partition coefficient (Wildman–Crippen LogP) is 1.82. The second-order valence-electron chi connectivity index (χ2n) is 4.48. The molecule has 0 aliphatic carbocycles. The monoisotopic (exact) mass is 309 g/mol. The lowest BCUT2D eigenvalue weighted by Gasteiger charge is -2.05. The maximum Gasteiger partial charge on any atom is 0.307 e. The van der Waals surface area contributed by atoms with Crippen molar-refractivity contribution in [2.45, 2.75) is 17.1 Å². The van der Waals surface area contributed by atoms with Crippen molar-refractivity contribution in [1.29, 1.82) is 0 Å². The van der Waals surface area contributed by atoms with Crippen molar-refractivity contribution in [2.75, 3.05) is 0 Å². The molecule has 0 aliphatic heterocycles. The van der Waals surface area contributed by atoms with E-state index in [-0.39, 0.29) is 22.6 Å². The number of nitrogens with zero attached hydrogens (tertiary/aromatic N) is 1. The van der Waals surface area contributed by atoms with Crippen molar-refractivity contribution < 1.29 is 22.7 Å². The zero-order valence-corrected chi connectivity index (χ0v) is 11.7. The highest BCUT2D eigenvalue weighted by molar-refractivity contribution is 7.90. The number of hydrogen-bond donors (Lipinski definition) is 1. The number of carbonyl (C=O) groups is 1. The largest absolute Gasteiger partial charge is 0.481 e. The van der Waals surface area contributed by atoms with Crippen molar-refractivity contribution in [3.8, 4) is 0 Å². The molecular weight excluding hydrogens is 297 g/mol. The molecule has 110 valence electrons. The van der Waals surface area contributed by atoms with Crippen LogP contribution in [0.15, 0.2) is 47.6 Å². The van der Waals surface area contributed by atoms with Gasteiger partial charge in [-0.3, -0.25) is 9.78 Å². The fraction of sp³-hybridized carbons (Fsp3) is 0.143. The minimum absolute atomic E-state index is 0.0564. The van der Waals surface area contributed by atoms with Gasteiger partial charge in [0.05, 0.1) is 23.3 Å². The second kappa shape index (κ2) is 6.01. The minimum Gasteiger partial charge on any atom is -0.481 e. The SMILES string of the molecule is O=C(O)Cc1ccc(S(=O)(=O)Cc2cncc(F)c2)cc1. The molecule has 5 nitrogen and oxygen atoms in total. The van der Waals surface area contributed by atoms with Crippen molar-refractivity contribution in [1.82, 2.24) is 4.98 Å². The molecule has 0 atom stereocenters. The van der Waals surface area contributed by atoms with E-state index < -0.39 is 21.6 Å². The third-order valence-corrected chi connectivity index (χ3v) is 4.46. The molecule has 1 N–H and O–H groups in total. The fourth-order valence-electron chi connectivity index (χ4n) is 1.83. The summed E-state index contributed by atoms with van der Waals surface area (Å²) in [7, 11) is -3.63. The van der Waals surface area contributed by atoms with E-state index in [2.05, 4.69) is 4.98 Å². The van der Waals surface area contributed by atoms with Gasteiger partial charge in [0.25, 0.3) is 0 Å². The Labute approximate surface area is 121 Å². The molecular formula is C14H12FNO4S. The molecule has 2 rings (SSSR count). The molecule has 1 aromatic heterocycles. The second-order valence-corrected chi connectivity index (χ2v) is 6.47. The number of sulfone groups is 1. The number of aromatic nitrogens is 1. The van der Waals surface area contributed by atoms with E-state index >= 15 is 0 Å². The molecule has 1 heterocycles. The highest BCUT2D eigenvalue weighted by Crippen LogP contribution is 2.17. The van der Waals surface area contributed by atoms with Crippen LogP contribution in [0.25, 0.3) is 0 Å². The van der Waals surface area contributed by atoms with Gasteiger partial charge in [0.2, 0.25) is 0 Å².